The number of aryl methyl sites for hydroxylation is 1. The van der Waals surface area contributed by atoms with Crippen LogP contribution in [0, 0.1) is 0 Å². The number of hydrogen-bond donors (Lipinski definition) is 0. The van der Waals surface area contributed by atoms with Gasteiger partial charge in [0.25, 0.3) is 0 Å². The second-order valence-electron chi connectivity index (χ2n) is 4.22. The third-order valence-electron chi connectivity index (χ3n) is 2.71. The molecule has 1 aliphatic rings. The van der Waals surface area contributed by atoms with E-state index in [0.29, 0.717) is 6.10 Å². The maximum atomic E-state index is 5.92. The predicted molar refractivity (Wildman–Crippen MR) is 49.5 cm³/mol. The van der Waals surface area contributed by atoms with Gasteiger partial charge >= 0.3 is 94.3 Å². The number of ether oxygens (including phenoxy) is 1. The Kier molecular flexibility index (Phi) is 4.94. The monoisotopic (exact) mass is 322 g/mol. The molecule has 15 heavy (non-hydrogen) atoms. The van der Waals surface area contributed by atoms with E-state index < -0.39 is 0 Å². The Morgan fingerprint density at radius 3 is 2.80 bits per heavy atom. The molecule has 2 rings (SSSR count). The molecule has 1 saturated heterocycles. The maximum absolute atomic E-state index is 5.92. The van der Waals surface area contributed by atoms with Gasteiger partial charge in [0.15, 0.2) is 0 Å². The summed E-state index contributed by atoms with van der Waals surface area (Å²) in [6, 6.07) is 0. The van der Waals surface area contributed by atoms with E-state index in [1.807, 2.05) is 17.9 Å². The Morgan fingerprint density at radius 2 is 2.27 bits per heavy atom. The summed E-state index contributed by atoms with van der Waals surface area (Å²) in [5.41, 5.74) is 1.23. The van der Waals surface area contributed by atoms with Crippen molar-refractivity contribution in [3.8, 4) is 0 Å². The van der Waals surface area contributed by atoms with Crippen LogP contribution in [-0.2, 0) is 30.1 Å². The molecule has 0 aliphatic carbocycles. The van der Waals surface area contributed by atoms with Gasteiger partial charge in [-0.25, -0.2) is 0 Å². The molecule has 1 aromatic heterocycles. The zero-order valence-corrected chi connectivity index (χ0v) is 13.7. The minimum absolute atomic E-state index is 0. The van der Waals surface area contributed by atoms with Crippen LogP contribution in [-0.4, -0.2) is 15.9 Å². The smallest absolute Gasteiger partial charge is 1.00 e. The molecule has 0 bridgehead atoms. The van der Waals surface area contributed by atoms with Gasteiger partial charge in [0, 0.05) is 0 Å². The Morgan fingerprint density at radius 1 is 1.53 bits per heavy atom. The fourth-order valence-corrected chi connectivity index (χ4v) is 3.70. The summed E-state index contributed by atoms with van der Waals surface area (Å²) in [6.07, 6.45) is 7.09. The Balaban J connectivity index is 0.00000112. The maximum Gasteiger partial charge on any atom is -1.00 e. The Hall–Kier alpha value is 0.273. The summed E-state index contributed by atoms with van der Waals surface area (Å²) in [6.45, 7) is 2.17. The third-order valence-corrected chi connectivity index (χ3v) is 4.10. The molecule has 0 N–H and O–H groups in total. The number of aromatic nitrogens is 2. The first-order valence-electron chi connectivity index (χ1n) is 5.12. The van der Waals surface area contributed by atoms with Crippen molar-refractivity contribution in [2.24, 2.45) is 7.05 Å². The van der Waals surface area contributed by atoms with Gasteiger partial charge in [-0.1, -0.05) is 0 Å². The van der Waals surface area contributed by atoms with Crippen LogP contribution >= 0.6 is 0 Å². The van der Waals surface area contributed by atoms with Crippen LogP contribution in [0.5, 0.6) is 0 Å². The van der Waals surface area contributed by atoms with E-state index in [0.717, 1.165) is 4.51 Å². The number of halogens is 1. The molecular formula is C10H15BrN2OZn. The van der Waals surface area contributed by atoms with Crippen LogP contribution in [0.3, 0.4) is 0 Å². The van der Waals surface area contributed by atoms with Gasteiger partial charge in [-0.05, 0) is 0 Å². The molecule has 0 spiro atoms. The van der Waals surface area contributed by atoms with Crippen LogP contribution in [0.15, 0.2) is 12.4 Å². The molecule has 0 aromatic carbocycles. The molecular weight excluding hydrogens is 309 g/mol. The first kappa shape index (κ1) is 13.3. The molecule has 1 aromatic rings. The van der Waals surface area contributed by atoms with Crippen molar-refractivity contribution in [2.45, 2.75) is 36.5 Å². The van der Waals surface area contributed by atoms with Gasteiger partial charge in [0.1, 0.15) is 0 Å². The van der Waals surface area contributed by atoms with E-state index >= 15 is 0 Å². The van der Waals surface area contributed by atoms with Crippen LogP contribution in [0.1, 0.15) is 31.4 Å². The second-order valence-corrected chi connectivity index (χ2v) is 6.64. The van der Waals surface area contributed by atoms with Crippen molar-refractivity contribution in [2.75, 3.05) is 0 Å². The van der Waals surface area contributed by atoms with E-state index in [9.17, 15) is 0 Å². The van der Waals surface area contributed by atoms with E-state index in [1.165, 1.54) is 36.7 Å². The molecule has 0 radical (unpaired) electrons. The summed E-state index contributed by atoms with van der Waals surface area (Å²) < 4.78 is 8.65. The third kappa shape index (κ3) is 3.37. The van der Waals surface area contributed by atoms with Gasteiger partial charge in [0.2, 0.25) is 0 Å². The molecule has 0 saturated carbocycles. The first-order valence-corrected chi connectivity index (χ1v) is 6.83. The molecule has 1 fully saturated rings. The SMILES string of the molecule is CC1C[CH]([Zn+])CC(c2cnn(C)c2)O1.[Br-]. The van der Waals surface area contributed by atoms with Gasteiger partial charge in [-0.3, -0.25) is 0 Å². The quantitative estimate of drug-likeness (QED) is 0.620. The van der Waals surface area contributed by atoms with Crippen molar-refractivity contribution in [3.63, 3.8) is 0 Å². The van der Waals surface area contributed by atoms with Crippen LogP contribution in [0.4, 0.5) is 0 Å². The standard InChI is InChI=1S/C10H15N2O.BrH.Zn/c1-8-4-3-5-10(13-8)9-6-11-12(2)7-9;;/h3,6-8,10H,4-5H2,1-2H3;1H;/q;;+1/p-1. The zero-order valence-electron chi connectivity index (χ0n) is 9.19. The molecule has 2 heterocycles. The van der Waals surface area contributed by atoms with E-state index in [-0.39, 0.29) is 23.1 Å². The molecule has 80 valence electrons. The zero-order chi connectivity index (χ0) is 10.1. The predicted octanol–water partition coefficient (Wildman–Crippen LogP) is -1.00. The van der Waals surface area contributed by atoms with Crippen molar-refractivity contribution < 1.29 is 40.0 Å². The Bertz CT molecular complexity index is 308. The summed E-state index contributed by atoms with van der Waals surface area (Å²) >= 11 is 1.38. The van der Waals surface area contributed by atoms with Crippen molar-refractivity contribution in [1.82, 2.24) is 9.78 Å². The molecule has 1 aliphatic heterocycles. The fraction of sp³-hybridized carbons (Fsp3) is 0.700. The Labute approximate surface area is 111 Å². The van der Waals surface area contributed by atoms with Crippen LogP contribution < -0.4 is 17.0 Å². The average Bonchev–Trinajstić information content (AvgIpc) is 2.50. The minimum atomic E-state index is 0. The van der Waals surface area contributed by atoms with Gasteiger partial charge in [-0.2, -0.15) is 0 Å². The summed E-state index contributed by atoms with van der Waals surface area (Å²) in [7, 11) is 1.95. The summed E-state index contributed by atoms with van der Waals surface area (Å²) in [5, 5.41) is 4.19. The van der Waals surface area contributed by atoms with Gasteiger partial charge < -0.3 is 17.0 Å². The molecule has 3 nitrogen and oxygen atoms in total. The minimum Gasteiger partial charge on any atom is -1.00 e. The first-order chi connectivity index (χ1) is 6.65. The van der Waals surface area contributed by atoms with Crippen molar-refractivity contribution in [3.05, 3.63) is 18.0 Å². The van der Waals surface area contributed by atoms with E-state index in [1.54, 1.807) is 0 Å². The van der Waals surface area contributed by atoms with Crippen LogP contribution in [0.25, 0.3) is 0 Å². The molecule has 5 heteroatoms. The van der Waals surface area contributed by atoms with Crippen molar-refractivity contribution >= 4 is 0 Å². The normalized spacial score (nSPS) is 31.1. The topological polar surface area (TPSA) is 27.1 Å². The second kappa shape index (κ2) is 5.56. The number of nitrogens with zero attached hydrogens (tertiary/aromatic N) is 2. The van der Waals surface area contributed by atoms with Gasteiger partial charge in [0.05, 0.1) is 0 Å². The van der Waals surface area contributed by atoms with Crippen molar-refractivity contribution in [1.29, 1.82) is 0 Å². The molecule has 3 unspecified atom stereocenters. The number of hydrogen-bond acceptors (Lipinski definition) is 2. The van der Waals surface area contributed by atoms with E-state index in [2.05, 4.69) is 18.2 Å². The van der Waals surface area contributed by atoms with Crippen LogP contribution in [0.2, 0.25) is 4.51 Å². The van der Waals surface area contributed by atoms with Gasteiger partial charge in [-0.15, -0.1) is 0 Å². The van der Waals surface area contributed by atoms with E-state index in [4.69, 9.17) is 4.74 Å². The number of rotatable bonds is 1. The molecule has 0 amide bonds. The fourth-order valence-electron chi connectivity index (χ4n) is 2.08. The molecule has 3 atom stereocenters. The summed E-state index contributed by atoms with van der Waals surface area (Å²) in [4.78, 5) is 0. The largest absolute Gasteiger partial charge is 1.00 e. The summed E-state index contributed by atoms with van der Waals surface area (Å²) in [5.74, 6) is 0. The average molecular weight is 325 g/mol.